The molecule has 5 nitrogen and oxygen atoms in total. The Morgan fingerprint density at radius 3 is 2.60 bits per heavy atom. The second kappa shape index (κ2) is 5.32. The van der Waals surface area contributed by atoms with Crippen LogP contribution in [0, 0.1) is 5.82 Å². The number of Topliss-reactive ketones (excluding diaryl/α,β-unsaturated/α-hetero) is 1. The van der Waals surface area contributed by atoms with Crippen molar-refractivity contribution in [3.8, 4) is 0 Å². The molecule has 0 saturated heterocycles. The summed E-state index contributed by atoms with van der Waals surface area (Å²) in [5.74, 6) is -0.410. The minimum Gasteiger partial charge on any atom is -0.470 e. The molecule has 1 heterocycles. The van der Waals surface area contributed by atoms with E-state index in [-0.39, 0.29) is 36.1 Å². The maximum absolute atomic E-state index is 12.8. The zero-order valence-corrected chi connectivity index (χ0v) is 11.1. The predicted molar refractivity (Wildman–Crippen MR) is 69.2 cm³/mol. The number of anilines is 1. The topological polar surface area (TPSA) is 64.6 Å². The smallest absolute Gasteiger partial charge is 0.293 e. The Morgan fingerprint density at radius 1 is 1.35 bits per heavy atom. The quantitative estimate of drug-likeness (QED) is 0.835. The molecule has 0 bridgehead atoms. The zero-order chi connectivity index (χ0) is 14.8. The standard InChI is InChI=1S/C14H14FNO4/c1-14(2,20-8-17)12-11(18)7-19-13(12)16-10-5-3-9(15)4-6-10/h3-6,8,16H,7H2,1-2H3. The Bertz CT molecular complexity index is 563. The first-order valence-electron chi connectivity index (χ1n) is 5.99. The maximum Gasteiger partial charge on any atom is 0.293 e. The number of carbonyl (C=O) groups is 2. The highest BCUT2D eigenvalue weighted by atomic mass is 19.1. The summed E-state index contributed by atoms with van der Waals surface area (Å²) in [6.07, 6.45) is 0. The summed E-state index contributed by atoms with van der Waals surface area (Å²) in [7, 11) is 0. The Balaban J connectivity index is 2.31. The van der Waals surface area contributed by atoms with Crippen molar-refractivity contribution in [1.29, 1.82) is 0 Å². The second-order valence-electron chi connectivity index (χ2n) is 4.77. The van der Waals surface area contributed by atoms with Gasteiger partial charge < -0.3 is 14.8 Å². The summed E-state index contributed by atoms with van der Waals surface area (Å²) < 4.78 is 23.1. The van der Waals surface area contributed by atoms with E-state index >= 15 is 0 Å². The van der Waals surface area contributed by atoms with E-state index in [1.807, 2.05) is 0 Å². The number of ketones is 1. The van der Waals surface area contributed by atoms with Crippen molar-refractivity contribution >= 4 is 17.9 Å². The van der Waals surface area contributed by atoms with Crippen LogP contribution in [0.2, 0.25) is 0 Å². The molecule has 0 atom stereocenters. The van der Waals surface area contributed by atoms with Crippen LogP contribution in [0.25, 0.3) is 0 Å². The van der Waals surface area contributed by atoms with E-state index in [1.165, 1.54) is 24.3 Å². The van der Waals surface area contributed by atoms with Crippen molar-refractivity contribution in [2.45, 2.75) is 19.4 Å². The first-order valence-corrected chi connectivity index (χ1v) is 5.99. The van der Waals surface area contributed by atoms with Gasteiger partial charge in [0.25, 0.3) is 6.47 Å². The second-order valence-corrected chi connectivity index (χ2v) is 4.77. The van der Waals surface area contributed by atoms with Gasteiger partial charge in [-0.1, -0.05) is 0 Å². The number of hydrogen-bond donors (Lipinski definition) is 1. The molecular formula is C14H14FNO4. The van der Waals surface area contributed by atoms with Gasteiger partial charge in [0.15, 0.2) is 6.61 Å². The molecule has 0 radical (unpaired) electrons. The highest BCUT2D eigenvalue weighted by Crippen LogP contribution is 2.30. The lowest BCUT2D eigenvalue weighted by molar-refractivity contribution is -0.138. The number of benzene rings is 1. The first kappa shape index (κ1) is 14.0. The summed E-state index contributed by atoms with van der Waals surface area (Å²) >= 11 is 0. The molecule has 1 aromatic rings. The fourth-order valence-electron chi connectivity index (χ4n) is 1.96. The minimum absolute atomic E-state index is 0.121. The average molecular weight is 279 g/mol. The van der Waals surface area contributed by atoms with Gasteiger partial charge in [-0.05, 0) is 38.1 Å². The monoisotopic (exact) mass is 279 g/mol. The summed E-state index contributed by atoms with van der Waals surface area (Å²) in [5, 5.41) is 2.89. The molecule has 0 unspecified atom stereocenters. The van der Waals surface area contributed by atoms with Gasteiger partial charge in [-0.3, -0.25) is 9.59 Å². The van der Waals surface area contributed by atoms with Crippen molar-refractivity contribution in [3.05, 3.63) is 41.5 Å². The molecule has 1 N–H and O–H groups in total. The van der Waals surface area contributed by atoms with Crippen molar-refractivity contribution < 1.29 is 23.5 Å². The van der Waals surface area contributed by atoms with E-state index in [2.05, 4.69) is 5.32 Å². The largest absolute Gasteiger partial charge is 0.470 e. The van der Waals surface area contributed by atoms with Crippen molar-refractivity contribution in [2.24, 2.45) is 0 Å². The SMILES string of the molecule is CC(C)(OC=O)C1=C(Nc2ccc(F)cc2)OCC1=O. The molecule has 1 aliphatic heterocycles. The highest BCUT2D eigenvalue weighted by molar-refractivity contribution is 6.01. The predicted octanol–water partition coefficient (Wildman–Crippen LogP) is 2.00. The van der Waals surface area contributed by atoms with Crippen molar-refractivity contribution in [1.82, 2.24) is 0 Å². The lowest BCUT2D eigenvalue weighted by Crippen LogP contribution is -2.31. The van der Waals surface area contributed by atoms with Crippen LogP contribution < -0.4 is 5.32 Å². The van der Waals surface area contributed by atoms with Gasteiger partial charge in [0.1, 0.15) is 17.0 Å². The Hall–Kier alpha value is -2.37. The van der Waals surface area contributed by atoms with Gasteiger partial charge in [0.2, 0.25) is 11.7 Å². The average Bonchev–Trinajstić information content (AvgIpc) is 2.74. The Kier molecular flexibility index (Phi) is 3.74. The van der Waals surface area contributed by atoms with Crippen LogP contribution in [0.4, 0.5) is 10.1 Å². The summed E-state index contributed by atoms with van der Waals surface area (Å²) in [6.45, 7) is 3.35. The van der Waals surface area contributed by atoms with E-state index in [0.717, 1.165) is 0 Å². The number of hydrogen-bond acceptors (Lipinski definition) is 5. The van der Waals surface area contributed by atoms with Crippen molar-refractivity contribution in [3.63, 3.8) is 0 Å². The first-order chi connectivity index (χ1) is 9.44. The third-order valence-corrected chi connectivity index (χ3v) is 2.90. The molecule has 106 valence electrons. The molecular weight excluding hydrogens is 265 g/mol. The Labute approximate surface area is 115 Å². The lowest BCUT2D eigenvalue weighted by atomic mass is 9.95. The van der Waals surface area contributed by atoms with Crippen LogP contribution in [0.5, 0.6) is 0 Å². The molecule has 0 saturated carbocycles. The fourth-order valence-corrected chi connectivity index (χ4v) is 1.96. The van der Waals surface area contributed by atoms with E-state index in [4.69, 9.17) is 9.47 Å². The lowest BCUT2D eigenvalue weighted by Gasteiger charge is -2.23. The molecule has 2 rings (SSSR count). The van der Waals surface area contributed by atoms with E-state index in [1.54, 1.807) is 13.8 Å². The van der Waals surface area contributed by atoms with Crippen LogP contribution in [-0.2, 0) is 19.1 Å². The number of rotatable bonds is 5. The molecule has 1 aromatic carbocycles. The summed E-state index contributed by atoms with van der Waals surface area (Å²) in [6, 6.07) is 5.60. The molecule has 0 aliphatic carbocycles. The Morgan fingerprint density at radius 2 is 2.00 bits per heavy atom. The van der Waals surface area contributed by atoms with E-state index in [0.29, 0.717) is 5.69 Å². The molecule has 0 aromatic heterocycles. The van der Waals surface area contributed by atoms with Gasteiger partial charge >= 0.3 is 0 Å². The van der Waals surface area contributed by atoms with Crippen LogP contribution >= 0.6 is 0 Å². The maximum atomic E-state index is 12.8. The third-order valence-electron chi connectivity index (χ3n) is 2.90. The highest BCUT2D eigenvalue weighted by Gasteiger charge is 2.39. The number of halogens is 1. The number of ether oxygens (including phenoxy) is 2. The molecule has 6 heteroatoms. The molecule has 0 fully saturated rings. The van der Waals surface area contributed by atoms with E-state index < -0.39 is 5.60 Å². The number of nitrogens with one attached hydrogen (secondary N) is 1. The molecule has 0 spiro atoms. The van der Waals surface area contributed by atoms with Gasteiger partial charge in [-0.2, -0.15) is 0 Å². The van der Waals surface area contributed by atoms with Crippen LogP contribution in [-0.4, -0.2) is 24.5 Å². The summed E-state index contributed by atoms with van der Waals surface area (Å²) in [4.78, 5) is 22.4. The fraction of sp³-hybridized carbons (Fsp3) is 0.286. The third kappa shape index (κ3) is 2.79. The van der Waals surface area contributed by atoms with Gasteiger partial charge in [0.05, 0.1) is 0 Å². The van der Waals surface area contributed by atoms with E-state index in [9.17, 15) is 14.0 Å². The van der Waals surface area contributed by atoms with Gasteiger partial charge in [-0.15, -0.1) is 0 Å². The van der Waals surface area contributed by atoms with Crippen LogP contribution in [0.15, 0.2) is 35.7 Å². The molecule has 1 aliphatic rings. The number of carbonyl (C=O) groups excluding carboxylic acids is 2. The molecule has 0 amide bonds. The van der Waals surface area contributed by atoms with Crippen molar-refractivity contribution in [2.75, 3.05) is 11.9 Å². The minimum atomic E-state index is -1.10. The van der Waals surface area contributed by atoms with Gasteiger partial charge in [-0.25, -0.2) is 4.39 Å². The summed E-state index contributed by atoms with van der Waals surface area (Å²) in [5.41, 5.74) is -0.290. The molecule has 20 heavy (non-hydrogen) atoms. The zero-order valence-electron chi connectivity index (χ0n) is 11.1. The van der Waals surface area contributed by atoms with Crippen LogP contribution in [0.3, 0.4) is 0 Å². The normalized spacial score (nSPS) is 15.1. The van der Waals surface area contributed by atoms with Gasteiger partial charge in [0, 0.05) is 5.69 Å². The van der Waals surface area contributed by atoms with Crippen LogP contribution in [0.1, 0.15) is 13.8 Å².